The fraction of sp³-hybridized carbons (Fsp3) is 0.235. The van der Waals surface area contributed by atoms with Crippen molar-refractivity contribution in [1.82, 2.24) is 4.98 Å². The van der Waals surface area contributed by atoms with Crippen LogP contribution < -0.4 is 0 Å². The number of rotatable bonds is 5. The Bertz CT molecular complexity index is 857. The summed E-state index contributed by atoms with van der Waals surface area (Å²) in [4.78, 5) is 38.5. The zero-order chi connectivity index (χ0) is 18.7. The van der Waals surface area contributed by atoms with Gasteiger partial charge in [0.25, 0.3) is 0 Å². The van der Waals surface area contributed by atoms with Crippen molar-refractivity contribution in [2.24, 2.45) is 0 Å². The summed E-state index contributed by atoms with van der Waals surface area (Å²) in [6.07, 6.45) is 0. The van der Waals surface area contributed by atoms with Crippen molar-refractivity contribution in [2.45, 2.75) is 13.8 Å². The third kappa shape index (κ3) is 3.73. The molecule has 1 heterocycles. The van der Waals surface area contributed by atoms with E-state index in [1.807, 2.05) is 0 Å². The molecule has 0 fully saturated rings. The summed E-state index contributed by atoms with van der Waals surface area (Å²) in [5.41, 5.74) is 0.938. The van der Waals surface area contributed by atoms with Gasteiger partial charge in [0, 0.05) is 5.69 Å². The Morgan fingerprint density at radius 1 is 1.08 bits per heavy atom. The minimum absolute atomic E-state index is 0.107. The van der Waals surface area contributed by atoms with Crippen molar-refractivity contribution in [3.8, 4) is 0 Å². The van der Waals surface area contributed by atoms with Gasteiger partial charge in [0.15, 0.2) is 18.2 Å². The number of carbonyl (C=O) groups is 3. The number of nitrogens with one attached hydrogen (secondary N) is 1. The van der Waals surface area contributed by atoms with Gasteiger partial charge in [-0.05, 0) is 37.6 Å². The topological polar surface area (TPSA) is 85.5 Å². The maximum atomic E-state index is 13.1. The number of esters is 2. The smallest absolute Gasteiger partial charge is 0.339 e. The molecule has 6 nitrogen and oxygen atoms in total. The number of aryl methyl sites for hydroxylation is 1. The molecule has 0 aliphatic carbocycles. The molecule has 2 aromatic rings. The minimum atomic E-state index is -1.20. The van der Waals surface area contributed by atoms with E-state index in [2.05, 4.69) is 9.72 Å². The van der Waals surface area contributed by atoms with Crippen molar-refractivity contribution in [1.29, 1.82) is 0 Å². The van der Waals surface area contributed by atoms with Crippen molar-refractivity contribution < 1.29 is 32.6 Å². The molecule has 0 bridgehead atoms. The van der Waals surface area contributed by atoms with Gasteiger partial charge < -0.3 is 14.5 Å². The maximum Gasteiger partial charge on any atom is 0.339 e. The van der Waals surface area contributed by atoms with Gasteiger partial charge >= 0.3 is 11.9 Å². The highest BCUT2D eigenvalue weighted by Crippen LogP contribution is 2.19. The van der Waals surface area contributed by atoms with Gasteiger partial charge in [-0.15, -0.1) is 0 Å². The second kappa shape index (κ2) is 7.25. The van der Waals surface area contributed by atoms with Crippen molar-refractivity contribution in [2.75, 3.05) is 13.7 Å². The molecular weight excluding hydrogens is 336 g/mol. The summed E-state index contributed by atoms with van der Waals surface area (Å²) in [5, 5.41) is 0. The summed E-state index contributed by atoms with van der Waals surface area (Å²) in [6, 6.07) is 2.51. The Kier molecular flexibility index (Phi) is 5.31. The molecule has 0 amide bonds. The van der Waals surface area contributed by atoms with E-state index in [-0.39, 0.29) is 16.8 Å². The monoisotopic (exact) mass is 351 g/mol. The van der Waals surface area contributed by atoms with Crippen LogP contribution in [-0.2, 0) is 9.47 Å². The van der Waals surface area contributed by atoms with E-state index in [0.717, 1.165) is 12.1 Å². The third-order valence-electron chi connectivity index (χ3n) is 3.60. The zero-order valence-electron chi connectivity index (χ0n) is 13.7. The number of ketones is 1. The first-order valence-corrected chi connectivity index (χ1v) is 7.19. The molecular formula is C17H15F2NO5. The van der Waals surface area contributed by atoms with Crippen LogP contribution in [0.25, 0.3) is 0 Å². The molecule has 25 heavy (non-hydrogen) atoms. The van der Waals surface area contributed by atoms with Crippen molar-refractivity contribution in [3.63, 3.8) is 0 Å². The van der Waals surface area contributed by atoms with Gasteiger partial charge in [-0.3, -0.25) is 4.79 Å². The average molecular weight is 351 g/mol. The summed E-state index contributed by atoms with van der Waals surface area (Å²) in [6.45, 7) is 2.53. The molecule has 0 aliphatic heterocycles. The zero-order valence-corrected chi connectivity index (χ0v) is 13.7. The van der Waals surface area contributed by atoms with Crippen LogP contribution in [0.5, 0.6) is 0 Å². The van der Waals surface area contributed by atoms with Gasteiger partial charge in [0.1, 0.15) is 0 Å². The normalized spacial score (nSPS) is 10.4. The lowest BCUT2D eigenvalue weighted by Gasteiger charge is -2.05. The molecule has 0 aliphatic rings. The Morgan fingerprint density at radius 3 is 2.36 bits per heavy atom. The standard InChI is InChI=1S/C17H15F2NO5/c1-8-14(17(23)24-3)9(2)20-15(8)13(21)7-25-16(22)10-4-5-11(18)12(19)6-10/h4-6,20H,7H2,1-3H3. The SMILES string of the molecule is COC(=O)c1c(C)[nH]c(C(=O)COC(=O)c2ccc(F)c(F)c2)c1C. The number of aromatic nitrogens is 1. The highest BCUT2D eigenvalue weighted by atomic mass is 19.2. The Labute approximate surface area is 141 Å². The predicted octanol–water partition coefficient (Wildman–Crippen LogP) is 2.74. The average Bonchev–Trinajstić information content (AvgIpc) is 2.88. The number of aromatic amines is 1. The number of H-pyrrole nitrogens is 1. The van der Waals surface area contributed by atoms with Crippen molar-refractivity contribution >= 4 is 17.7 Å². The van der Waals surface area contributed by atoms with Crippen LogP contribution in [0.15, 0.2) is 18.2 Å². The molecule has 1 N–H and O–H groups in total. The molecule has 132 valence electrons. The van der Waals surface area contributed by atoms with Crippen LogP contribution in [0.1, 0.15) is 42.5 Å². The minimum Gasteiger partial charge on any atom is -0.465 e. The first-order chi connectivity index (χ1) is 11.8. The fourth-order valence-electron chi connectivity index (χ4n) is 2.35. The lowest BCUT2D eigenvalue weighted by Crippen LogP contribution is -2.16. The number of Topliss-reactive ketones (excluding diaryl/α,β-unsaturated/α-hetero) is 1. The largest absolute Gasteiger partial charge is 0.465 e. The van der Waals surface area contributed by atoms with Crippen LogP contribution in [0.4, 0.5) is 8.78 Å². The number of benzene rings is 1. The molecule has 0 saturated carbocycles. The molecule has 2 rings (SSSR count). The molecule has 0 spiro atoms. The summed E-state index contributed by atoms with van der Waals surface area (Å²) >= 11 is 0. The van der Waals surface area contributed by atoms with Crippen LogP contribution in [0, 0.1) is 25.5 Å². The van der Waals surface area contributed by atoms with Gasteiger partial charge in [-0.25, -0.2) is 18.4 Å². The lowest BCUT2D eigenvalue weighted by atomic mass is 10.1. The number of halogens is 2. The molecule has 0 unspecified atom stereocenters. The van der Waals surface area contributed by atoms with E-state index >= 15 is 0 Å². The van der Waals surface area contributed by atoms with Gasteiger partial charge in [-0.1, -0.05) is 0 Å². The van der Waals surface area contributed by atoms with E-state index in [1.165, 1.54) is 7.11 Å². The number of hydrogen-bond donors (Lipinski definition) is 1. The Hall–Kier alpha value is -3.03. The van der Waals surface area contributed by atoms with Gasteiger partial charge in [0.05, 0.1) is 23.9 Å². The number of hydrogen-bond acceptors (Lipinski definition) is 5. The first kappa shape index (κ1) is 18.3. The quantitative estimate of drug-likeness (QED) is 0.661. The van der Waals surface area contributed by atoms with Crippen LogP contribution in [0.3, 0.4) is 0 Å². The van der Waals surface area contributed by atoms with Gasteiger partial charge in [0.2, 0.25) is 5.78 Å². The summed E-state index contributed by atoms with van der Waals surface area (Å²) < 4.78 is 35.4. The first-order valence-electron chi connectivity index (χ1n) is 7.19. The predicted molar refractivity (Wildman–Crippen MR) is 82.6 cm³/mol. The maximum absolute atomic E-state index is 13.1. The number of carbonyl (C=O) groups excluding carboxylic acids is 3. The molecule has 1 aromatic heterocycles. The van der Waals surface area contributed by atoms with E-state index in [0.29, 0.717) is 17.3 Å². The number of methoxy groups -OCH3 is 1. The van der Waals surface area contributed by atoms with E-state index < -0.39 is 36.0 Å². The molecule has 8 heteroatoms. The lowest BCUT2D eigenvalue weighted by molar-refractivity contribution is 0.0472. The highest BCUT2D eigenvalue weighted by Gasteiger charge is 2.23. The van der Waals surface area contributed by atoms with Crippen LogP contribution in [0.2, 0.25) is 0 Å². The Balaban J connectivity index is 2.11. The van der Waals surface area contributed by atoms with Crippen LogP contribution in [-0.4, -0.2) is 36.4 Å². The third-order valence-corrected chi connectivity index (χ3v) is 3.60. The highest BCUT2D eigenvalue weighted by molar-refractivity contribution is 6.03. The molecule has 0 radical (unpaired) electrons. The molecule has 0 atom stereocenters. The summed E-state index contributed by atoms with van der Waals surface area (Å²) in [5.74, 6) is -4.43. The fourth-order valence-corrected chi connectivity index (χ4v) is 2.35. The van der Waals surface area contributed by atoms with E-state index in [4.69, 9.17) is 4.74 Å². The second-order valence-corrected chi connectivity index (χ2v) is 5.24. The van der Waals surface area contributed by atoms with Gasteiger partial charge in [-0.2, -0.15) is 0 Å². The van der Waals surface area contributed by atoms with Crippen LogP contribution >= 0.6 is 0 Å². The Morgan fingerprint density at radius 2 is 1.76 bits per heavy atom. The molecule has 0 saturated heterocycles. The van der Waals surface area contributed by atoms with E-state index in [9.17, 15) is 23.2 Å². The summed E-state index contributed by atoms with van der Waals surface area (Å²) in [7, 11) is 1.22. The van der Waals surface area contributed by atoms with Crippen molar-refractivity contribution in [3.05, 3.63) is 57.9 Å². The van der Waals surface area contributed by atoms with E-state index in [1.54, 1.807) is 13.8 Å². The molecule has 1 aromatic carbocycles. The number of ether oxygens (including phenoxy) is 2. The second-order valence-electron chi connectivity index (χ2n) is 5.24.